The molecule has 0 N–H and O–H groups in total. The monoisotopic (exact) mass is 342 g/mol. The average Bonchev–Trinajstić information content (AvgIpc) is 2.37. The van der Waals surface area contributed by atoms with Crippen molar-refractivity contribution in [2.75, 3.05) is 0 Å². The second kappa shape index (κ2) is 6.03. The van der Waals surface area contributed by atoms with Gasteiger partial charge in [0.05, 0.1) is 16.0 Å². The molecule has 2 aromatic rings. The van der Waals surface area contributed by atoms with E-state index in [0.717, 1.165) is 10.9 Å². The van der Waals surface area contributed by atoms with Gasteiger partial charge in [0.1, 0.15) is 16.1 Å². The molecule has 112 valence electrons. The summed E-state index contributed by atoms with van der Waals surface area (Å²) in [5, 5.41) is 1.85. The molecule has 1 aromatic heterocycles. The maximum absolute atomic E-state index is 12.1. The van der Waals surface area contributed by atoms with Gasteiger partial charge in [0.25, 0.3) is 0 Å². The lowest BCUT2D eigenvalue weighted by Gasteiger charge is -2.14. The smallest absolute Gasteiger partial charge is 0.145 e. The quantitative estimate of drug-likeness (QED) is 0.580. The lowest BCUT2D eigenvalue weighted by molar-refractivity contribution is 0.650. The summed E-state index contributed by atoms with van der Waals surface area (Å²) in [5.74, 6) is 0. The highest BCUT2D eigenvalue weighted by Gasteiger charge is 2.20. The molecule has 1 heterocycles. The summed E-state index contributed by atoms with van der Waals surface area (Å²) in [6.07, 6.45) is 0. The van der Waals surface area contributed by atoms with Crippen molar-refractivity contribution in [2.24, 2.45) is 4.40 Å². The zero-order valence-corrected chi connectivity index (χ0v) is 14.6. The zero-order valence-electron chi connectivity index (χ0n) is 12.3. The fraction of sp³-hybridized carbons (Fsp3) is 0.333. The molecule has 6 heteroatoms. The Kier molecular flexibility index (Phi) is 4.71. The van der Waals surface area contributed by atoms with Crippen LogP contribution in [0.5, 0.6) is 0 Å². The fourth-order valence-corrected chi connectivity index (χ4v) is 2.77. The normalized spacial score (nSPS) is 14.5. The highest BCUT2D eigenvalue weighted by Crippen LogP contribution is 2.24. The van der Waals surface area contributed by atoms with E-state index in [1.54, 1.807) is 13.0 Å². The molecular weight excluding hydrogens is 327 g/mol. The van der Waals surface area contributed by atoms with Gasteiger partial charge in [0.15, 0.2) is 0 Å². The molecule has 0 amide bonds. The van der Waals surface area contributed by atoms with Gasteiger partial charge in [-0.25, -0.2) is 9.19 Å². The van der Waals surface area contributed by atoms with Gasteiger partial charge in [-0.3, -0.25) is 0 Å². The molecular formula is C15H16Cl2N2OS. The SMILES string of the molecule is CC(=NS(=O)C(C)(C)C)c1cc2cc(Cl)ccc2nc1Cl. The Bertz CT molecular complexity index is 751. The van der Waals surface area contributed by atoms with Crippen molar-refractivity contribution in [1.29, 1.82) is 0 Å². The number of halogens is 2. The van der Waals surface area contributed by atoms with E-state index in [9.17, 15) is 4.21 Å². The van der Waals surface area contributed by atoms with Crippen LogP contribution in [0.3, 0.4) is 0 Å². The molecule has 0 aliphatic heterocycles. The number of benzene rings is 1. The van der Waals surface area contributed by atoms with Gasteiger partial charge < -0.3 is 0 Å². The van der Waals surface area contributed by atoms with Gasteiger partial charge in [-0.1, -0.05) is 23.2 Å². The average molecular weight is 343 g/mol. The van der Waals surface area contributed by atoms with Crippen molar-refractivity contribution < 1.29 is 4.21 Å². The maximum Gasteiger partial charge on any atom is 0.145 e. The first-order valence-corrected chi connectivity index (χ1v) is 8.28. The van der Waals surface area contributed by atoms with E-state index in [1.165, 1.54) is 0 Å². The molecule has 0 radical (unpaired) electrons. The summed E-state index contributed by atoms with van der Waals surface area (Å²) >= 11 is 12.2. The summed E-state index contributed by atoms with van der Waals surface area (Å²) < 4.78 is 15.9. The Morgan fingerprint density at radius 1 is 1.24 bits per heavy atom. The summed E-state index contributed by atoms with van der Waals surface area (Å²) in [5.41, 5.74) is 2.03. The highest BCUT2D eigenvalue weighted by atomic mass is 35.5. The van der Waals surface area contributed by atoms with Crippen LogP contribution in [-0.2, 0) is 11.0 Å². The predicted molar refractivity (Wildman–Crippen MR) is 91.9 cm³/mol. The molecule has 1 atom stereocenters. The number of fused-ring (bicyclic) bond motifs is 1. The first kappa shape index (κ1) is 16.4. The Balaban J connectivity index is 2.53. The van der Waals surface area contributed by atoms with E-state index in [1.807, 2.05) is 39.0 Å². The molecule has 0 aliphatic carbocycles. The van der Waals surface area contributed by atoms with Crippen molar-refractivity contribution in [3.05, 3.63) is 40.0 Å². The van der Waals surface area contributed by atoms with E-state index in [2.05, 4.69) is 9.38 Å². The van der Waals surface area contributed by atoms with Crippen molar-refractivity contribution in [3.63, 3.8) is 0 Å². The lowest BCUT2D eigenvalue weighted by atomic mass is 10.1. The zero-order chi connectivity index (χ0) is 15.8. The molecule has 0 spiro atoms. The van der Waals surface area contributed by atoms with E-state index in [-0.39, 0.29) is 0 Å². The summed E-state index contributed by atoms with van der Waals surface area (Å²) in [6.45, 7) is 7.41. The minimum absolute atomic E-state index is 0.344. The van der Waals surface area contributed by atoms with Gasteiger partial charge in [0, 0.05) is 16.0 Å². The van der Waals surface area contributed by atoms with Gasteiger partial charge in [0.2, 0.25) is 0 Å². The molecule has 0 aliphatic rings. The Morgan fingerprint density at radius 2 is 1.90 bits per heavy atom. The highest BCUT2D eigenvalue weighted by molar-refractivity contribution is 7.85. The van der Waals surface area contributed by atoms with E-state index in [4.69, 9.17) is 23.2 Å². The molecule has 0 fully saturated rings. The van der Waals surface area contributed by atoms with Crippen LogP contribution < -0.4 is 0 Å². The van der Waals surface area contributed by atoms with Crippen LogP contribution in [0.2, 0.25) is 10.2 Å². The number of pyridine rings is 1. The van der Waals surface area contributed by atoms with E-state index < -0.39 is 15.7 Å². The third-order valence-electron chi connectivity index (χ3n) is 2.86. The van der Waals surface area contributed by atoms with Gasteiger partial charge >= 0.3 is 0 Å². The first-order chi connectivity index (χ1) is 9.68. The standard InChI is InChI=1S/C15H16Cl2N2OS/c1-9(19-21(20)15(2,3)4)12-8-10-7-11(16)5-6-13(10)18-14(12)17/h5-8H,1-4H3. The van der Waals surface area contributed by atoms with Gasteiger partial charge in [-0.2, -0.15) is 4.40 Å². The predicted octanol–water partition coefficient (Wildman–Crippen LogP) is 4.81. The van der Waals surface area contributed by atoms with Crippen LogP contribution in [0.15, 0.2) is 28.7 Å². The number of hydrogen-bond acceptors (Lipinski definition) is 2. The molecule has 1 aromatic carbocycles. The number of aromatic nitrogens is 1. The molecule has 21 heavy (non-hydrogen) atoms. The van der Waals surface area contributed by atoms with E-state index in [0.29, 0.717) is 21.5 Å². The topological polar surface area (TPSA) is 42.3 Å². The maximum atomic E-state index is 12.1. The second-order valence-electron chi connectivity index (χ2n) is 5.70. The molecule has 3 nitrogen and oxygen atoms in total. The number of hydrogen-bond donors (Lipinski definition) is 0. The van der Waals surface area contributed by atoms with Crippen LogP contribution >= 0.6 is 23.2 Å². The number of rotatable bonds is 2. The van der Waals surface area contributed by atoms with Crippen molar-refractivity contribution in [2.45, 2.75) is 32.4 Å². The fourth-order valence-electron chi connectivity index (χ4n) is 1.69. The van der Waals surface area contributed by atoms with Crippen LogP contribution in [0, 0.1) is 0 Å². The number of nitrogens with zero attached hydrogens (tertiary/aromatic N) is 2. The lowest BCUT2D eigenvalue weighted by Crippen LogP contribution is -2.20. The van der Waals surface area contributed by atoms with Crippen molar-refractivity contribution >= 4 is 50.8 Å². The van der Waals surface area contributed by atoms with Crippen LogP contribution in [0.1, 0.15) is 33.3 Å². The Labute approximate surface area is 137 Å². The minimum atomic E-state index is -1.34. The molecule has 2 rings (SSSR count). The Hall–Kier alpha value is -0.970. The first-order valence-electron chi connectivity index (χ1n) is 6.42. The van der Waals surface area contributed by atoms with Crippen molar-refractivity contribution in [1.82, 2.24) is 4.98 Å². The summed E-state index contributed by atoms with van der Waals surface area (Å²) in [6, 6.07) is 7.27. The van der Waals surface area contributed by atoms with Gasteiger partial charge in [-0.05, 0) is 52.0 Å². The largest absolute Gasteiger partial charge is 0.235 e. The summed E-state index contributed by atoms with van der Waals surface area (Å²) in [7, 11) is -1.34. The molecule has 0 saturated carbocycles. The third-order valence-corrected chi connectivity index (χ3v) is 4.87. The summed E-state index contributed by atoms with van der Waals surface area (Å²) in [4.78, 5) is 4.33. The molecule has 0 saturated heterocycles. The molecule has 0 bridgehead atoms. The van der Waals surface area contributed by atoms with Crippen molar-refractivity contribution in [3.8, 4) is 0 Å². The van der Waals surface area contributed by atoms with Gasteiger partial charge in [-0.15, -0.1) is 0 Å². The second-order valence-corrected chi connectivity index (χ2v) is 8.40. The minimum Gasteiger partial charge on any atom is -0.235 e. The Morgan fingerprint density at radius 3 is 2.52 bits per heavy atom. The van der Waals surface area contributed by atoms with Crippen LogP contribution in [-0.4, -0.2) is 19.7 Å². The third kappa shape index (κ3) is 3.82. The van der Waals surface area contributed by atoms with Crippen LogP contribution in [0.25, 0.3) is 10.9 Å². The van der Waals surface area contributed by atoms with Crippen LogP contribution in [0.4, 0.5) is 0 Å². The van der Waals surface area contributed by atoms with E-state index >= 15 is 0 Å². The molecule has 1 unspecified atom stereocenters.